The van der Waals surface area contributed by atoms with Crippen LogP contribution in [0.1, 0.15) is 0 Å². The van der Waals surface area contributed by atoms with E-state index >= 15 is 0 Å². The number of hydrogen-bond donors (Lipinski definition) is 1. The van der Waals surface area contributed by atoms with Crippen molar-refractivity contribution in [1.82, 2.24) is 10.3 Å². The summed E-state index contributed by atoms with van der Waals surface area (Å²) in [4.78, 5) is 18.6. The van der Waals surface area contributed by atoms with Crippen LogP contribution in [-0.2, 0) is 4.79 Å². The number of aromatic nitrogens is 1. The maximum Gasteiger partial charge on any atom is 0.262 e. The summed E-state index contributed by atoms with van der Waals surface area (Å²) in [5.41, 5.74) is 1.02. The summed E-state index contributed by atoms with van der Waals surface area (Å²) in [6.07, 6.45) is 1.29. The number of amides is 1. The zero-order valence-corrected chi connectivity index (χ0v) is 13.8. The van der Waals surface area contributed by atoms with Crippen molar-refractivity contribution in [1.29, 1.82) is 0 Å². The third kappa shape index (κ3) is 3.96. The number of nitrogens with one attached hydrogen (secondary N) is 1. The Morgan fingerprint density at radius 1 is 1.35 bits per heavy atom. The largest absolute Gasteiger partial charge is 0.477 e. The summed E-state index contributed by atoms with van der Waals surface area (Å²) >= 11 is 1.62. The van der Waals surface area contributed by atoms with Crippen molar-refractivity contribution in [3.63, 3.8) is 0 Å². The molecule has 1 aliphatic rings. The van der Waals surface area contributed by atoms with Crippen LogP contribution in [0.5, 0.6) is 5.75 Å². The van der Waals surface area contributed by atoms with Crippen LogP contribution < -0.4 is 15.0 Å². The fourth-order valence-corrected chi connectivity index (χ4v) is 3.15. The fraction of sp³-hybridized carbons (Fsp3) is 0.294. The monoisotopic (exact) mass is 329 g/mol. The molecule has 6 heteroatoms. The van der Waals surface area contributed by atoms with Crippen molar-refractivity contribution >= 4 is 23.4 Å². The van der Waals surface area contributed by atoms with Gasteiger partial charge < -0.3 is 15.0 Å². The van der Waals surface area contributed by atoms with Gasteiger partial charge in [0.15, 0.2) is 6.10 Å². The Bertz CT molecular complexity index is 666. The maximum atomic E-state index is 12.3. The molecule has 0 saturated heterocycles. The SMILES string of the molecule is CN1C[C@H](C(=O)NCCSc2ccccn2)Oc2ccccc21. The van der Waals surface area contributed by atoms with Crippen LogP contribution >= 0.6 is 11.8 Å². The molecule has 1 atom stereocenters. The van der Waals surface area contributed by atoms with Crippen LogP contribution in [0.4, 0.5) is 5.69 Å². The van der Waals surface area contributed by atoms with Gasteiger partial charge in [0.25, 0.3) is 5.91 Å². The highest BCUT2D eigenvalue weighted by Gasteiger charge is 2.28. The van der Waals surface area contributed by atoms with Crippen LogP contribution in [0, 0.1) is 0 Å². The summed E-state index contributed by atoms with van der Waals surface area (Å²) < 4.78 is 5.81. The van der Waals surface area contributed by atoms with Gasteiger partial charge in [-0.15, -0.1) is 11.8 Å². The minimum absolute atomic E-state index is 0.0760. The van der Waals surface area contributed by atoms with E-state index in [1.54, 1.807) is 18.0 Å². The number of carbonyl (C=O) groups is 1. The maximum absolute atomic E-state index is 12.3. The normalized spacial score (nSPS) is 16.4. The zero-order chi connectivity index (χ0) is 16.1. The van der Waals surface area contributed by atoms with E-state index < -0.39 is 6.10 Å². The summed E-state index contributed by atoms with van der Waals surface area (Å²) in [6.45, 7) is 1.14. The molecule has 0 bridgehead atoms. The summed E-state index contributed by atoms with van der Waals surface area (Å²) in [7, 11) is 1.97. The Labute approximate surface area is 140 Å². The molecule has 1 N–H and O–H groups in total. The molecule has 120 valence electrons. The minimum Gasteiger partial charge on any atom is -0.477 e. The molecule has 0 unspecified atom stereocenters. The van der Waals surface area contributed by atoms with Crippen molar-refractivity contribution in [3.8, 4) is 5.75 Å². The van der Waals surface area contributed by atoms with Gasteiger partial charge in [-0.3, -0.25) is 4.79 Å². The smallest absolute Gasteiger partial charge is 0.262 e. The molecule has 0 fully saturated rings. The Hall–Kier alpha value is -2.21. The van der Waals surface area contributed by atoms with Crippen LogP contribution in [0.15, 0.2) is 53.7 Å². The quantitative estimate of drug-likeness (QED) is 0.673. The van der Waals surface area contributed by atoms with Gasteiger partial charge in [0, 0.05) is 25.5 Å². The second-order valence-corrected chi connectivity index (χ2v) is 6.38. The lowest BCUT2D eigenvalue weighted by molar-refractivity contribution is -0.127. The number of ether oxygens (including phenoxy) is 1. The standard InChI is InChI=1S/C17H19N3O2S/c1-20-12-15(22-14-7-3-2-6-13(14)20)17(21)19-10-11-23-16-8-4-5-9-18-16/h2-9,15H,10-12H2,1H3,(H,19,21)/t15-/m1/s1. The number of benzene rings is 1. The van der Waals surface area contributed by atoms with E-state index in [0.717, 1.165) is 22.2 Å². The average molecular weight is 329 g/mol. The average Bonchev–Trinajstić information content (AvgIpc) is 2.59. The number of likely N-dealkylation sites (N-methyl/N-ethyl adjacent to an activating group) is 1. The Morgan fingerprint density at radius 3 is 3.00 bits per heavy atom. The van der Waals surface area contributed by atoms with Gasteiger partial charge in [-0.2, -0.15) is 0 Å². The van der Waals surface area contributed by atoms with Crippen molar-refractivity contribution in [2.24, 2.45) is 0 Å². The first-order chi connectivity index (χ1) is 11.2. The topological polar surface area (TPSA) is 54.5 Å². The second kappa shape index (κ2) is 7.37. The van der Waals surface area contributed by atoms with Crippen molar-refractivity contribution in [2.75, 3.05) is 30.8 Å². The number of hydrogen-bond acceptors (Lipinski definition) is 5. The molecular formula is C17H19N3O2S. The highest BCUT2D eigenvalue weighted by atomic mass is 32.2. The molecule has 3 rings (SSSR count). The van der Waals surface area contributed by atoms with Gasteiger partial charge in [0.1, 0.15) is 5.75 Å². The van der Waals surface area contributed by atoms with Crippen molar-refractivity contribution in [3.05, 3.63) is 48.7 Å². The molecule has 23 heavy (non-hydrogen) atoms. The predicted octanol–water partition coefficient (Wildman–Crippen LogP) is 2.19. The van der Waals surface area contributed by atoms with Gasteiger partial charge >= 0.3 is 0 Å². The van der Waals surface area contributed by atoms with Crippen molar-refractivity contribution < 1.29 is 9.53 Å². The molecule has 2 aromatic rings. The Balaban J connectivity index is 1.48. The molecule has 1 aliphatic heterocycles. The molecular weight excluding hydrogens is 310 g/mol. The zero-order valence-electron chi connectivity index (χ0n) is 12.9. The predicted molar refractivity (Wildman–Crippen MR) is 92.1 cm³/mol. The summed E-state index contributed by atoms with van der Waals surface area (Å²) in [5.74, 6) is 1.46. The lowest BCUT2D eigenvalue weighted by atomic mass is 10.2. The minimum atomic E-state index is -0.477. The number of para-hydroxylation sites is 2. The third-order valence-electron chi connectivity index (χ3n) is 3.57. The molecule has 0 aliphatic carbocycles. The summed E-state index contributed by atoms with van der Waals surface area (Å²) in [6, 6.07) is 13.6. The number of carbonyl (C=O) groups excluding carboxylic acids is 1. The van der Waals surface area contributed by atoms with Gasteiger partial charge in [-0.05, 0) is 24.3 Å². The van der Waals surface area contributed by atoms with Crippen LogP contribution in [-0.4, -0.2) is 42.9 Å². The number of anilines is 1. The van der Waals surface area contributed by atoms with E-state index in [0.29, 0.717) is 13.1 Å². The van der Waals surface area contributed by atoms with E-state index in [9.17, 15) is 4.79 Å². The number of nitrogens with zero attached hydrogens (tertiary/aromatic N) is 2. The second-order valence-electron chi connectivity index (χ2n) is 5.26. The highest BCUT2D eigenvalue weighted by molar-refractivity contribution is 7.99. The first kappa shape index (κ1) is 15.7. The molecule has 0 saturated carbocycles. The molecule has 2 heterocycles. The van der Waals surface area contributed by atoms with Crippen molar-refractivity contribution in [2.45, 2.75) is 11.1 Å². The van der Waals surface area contributed by atoms with Gasteiger partial charge in [0.2, 0.25) is 0 Å². The van der Waals surface area contributed by atoms with Crippen LogP contribution in [0.25, 0.3) is 0 Å². The van der Waals surface area contributed by atoms with Crippen LogP contribution in [0.2, 0.25) is 0 Å². The number of thioether (sulfide) groups is 1. The molecule has 0 radical (unpaired) electrons. The fourth-order valence-electron chi connectivity index (χ4n) is 2.42. The number of rotatable bonds is 5. The molecule has 1 aromatic heterocycles. The molecule has 1 aromatic carbocycles. The molecule has 5 nitrogen and oxygen atoms in total. The van der Waals surface area contributed by atoms with Gasteiger partial charge in [0.05, 0.1) is 17.3 Å². The third-order valence-corrected chi connectivity index (χ3v) is 4.51. The summed E-state index contributed by atoms with van der Waals surface area (Å²) in [5, 5.41) is 3.90. The lowest BCUT2D eigenvalue weighted by Crippen LogP contribution is -2.48. The number of pyridine rings is 1. The van der Waals surface area contributed by atoms with E-state index in [4.69, 9.17) is 4.74 Å². The van der Waals surface area contributed by atoms with E-state index in [2.05, 4.69) is 10.3 Å². The van der Waals surface area contributed by atoms with E-state index in [1.165, 1.54) is 0 Å². The highest BCUT2D eigenvalue weighted by Crippen LogP contribution is 2.31. The van der Waals surface area contributed by atoms with Gasteiger partial charge in [-0.25, -0.2) is 4.98 Å². The first-order valence-corrected chi connectivity index (χ1v) is 8.51. The Morgan fingerprint density at radius 2 is 2.17 bits per heavy atom. The Kier molecular flexibility index (Phi) is 5.02. The molecule has 1 amide bonds. The van der Waals surface area contributed by atoms with E-state index in [-0.39, 0.29) is 5.91 Å². The first-order valence-electron chi connectivity index (χ1n) is 7.52. The van der Waals surface area contributed by atoms with E-state index in [1.807, 2.05) is 54.4 Å². The van der Waals surface area contributed by atoms with Crippen LogP contribution in [0.3, 0.4) is 0 Å². The lowest BCUT2D eigenvalue weighted by Gasteiger charge is -2.32. The van der Waals surface area contributed by atoms with Gasteiger partial charge in [-0.1, -0.05) is 18.2 Å². The number of fused-ring (bicyclic) bond motifs is 1. The molecule has 0 spiro atoms.